The molecule has 0 spiro atoms. The van der Waals surface area contributed by atoms with E-state index in [-0.39, 0.29) is 12.5 Å². The Hall–Kier alpha value is -2.74. The van der Waals surface area contributed by atoms with Crippen LogP contribution < -0.4 is 0 Å². The molecule has 0 radical (unpaired) electrons. The quantitative estimate of drug-likeness (QED) is 0.751. The fourth-order valence-electron chi connectivity index (χ4n) is 3.45. The number of β-amino-alcohol motifs (C(OH)–C–C–N with tert-alkyl or cyclic N) is 1. The van der Waals surface area contributed by atoms with Crippen molar-refractivity contribution in [2.24, 2.45) is 0 Å². The van der Waals surface area contributed by atoms with Crippen LogP contribution in [0.4, 0.5) is 0 Å². The van der Waals surface area contributed by atoms with Crippen molar-refractivity contribution >= 4 is 16.9 Å². The van der Waals surface area contributed by atoms with Gasteiger partial charge in [0.05, 0.1) is 30.3 Å². The van der Waals surface area contributed by atoms with Gasteiger partial charge in [0.2, 0.25) is 5.91 Å². The zero-order valence-corrected chi connectivity index (χ0v) is 14.0. The van der Waals surface area contributed by atoms with Gasteiger partial charge in [-0.15, -0.1) is 5.10 Å². The first-order chi connectivity index (χ1) is 12.0. The number of aromatic nitrogens is 5. The van der Waals surface area contributed by atoms with Gasteiger partial charge in [0.1, 0.15) is 18.0 Å². The first-order valence-electron chi connectivity index (χ1n) is 8.30. The maximum atomic E-state index is 12.7. The maximum absolute atomic E-state index is 12.7. The third-order valence-electron chi connectivity index (χ3n) is 4.75. The Morgan fingerprint density at radius 3 is 3.00 bits per heavy atom. The van der Waals surface area contributed by atoms with Crippen LogP contribution in [0.15, 0.2) is 36.7 Å². The molecule has 0 aliphatic carbocycles. The van der Waals surface area contributed by atoms with Gasteiger partial charge in [0.15, 0.2) is 0 Å². The van der Waals surface area contributed by atoms with Crippen LogP contribution in [0.5, 0.6) is 0 Å². The molecule has 1 aromatic carbocycles. The van der Waals surface area contributed by atoms with Crippen LogP contribution in [0, 0.1) is 6.92 Å². The SMILES string of the molecule is Cc1nc2ccccc2n1CC(=O)N1CCC(O)(Cn2ccnn2)C1. The monoisotopic (exact) mass is 340 g/mol. The first kappa shape index (κ1) is 15.8. The summed E-state index contributed by atoms with van der Waals surface area (Å²) in [5, 5.41) is 18.4. The Kier molecular flexibility index (Phi) is 3.76. The Morgan fingerprint density at radius 1 is 1.36 bits per heavy atom. The number of para-hydroxylation sites is 2. The lowest BCUT2D eigenvalue weighted by atomic mass is 10.0. The van der Waals surface area contributed by atoms with Crippen LogP contribution in [0.25, 0.3) is 11.0 Å². The van der Waals surface area contributed by atoms with Crippen molar-refractivity contribution in [3.8, 4) is 0 Å². The summed E-state index contributed by atoms with van der Waals surface area (Å²) in [7, 11) is 0. The Morgan fingerprint density at radius 2 is 2.20 bits per heavy atom. The summed E-state index contributed by atoms with van der Waals surface area (Å²) in [6, 6.07) is 7.78. The second-order valence-electron chi connectivity index (χ2n) is 6.62. The highest BCUT2D eigenvalue weighted by Gasteiger charge is 2.38. The minimum Gasteiger partial charge on any atom is -0.386 e. The number of likely N-dealkylation sites (tertiary alicyclic amines) is 1. The molecule has 3 aromatic rings. The number of benzene rings is 1. The molecule has 8 nitrogen and oxygen atoms in total. The van der Waals surface area contributed by atoms with Crippen molar-refractivity contribution in [2.45, 2.75) is 32.0 Å². The molecule has 1 fully saturated rings. The first-order valence-corrected chi connectivity index (χ1v) is 8.30. The zero-order valence-electron chi connectivity index (χ0n) is 14.0. The second-order valence-corrected chi connectivity index (χ2v) is 6.62. The third kappa shape index (κ3) is 3.00. The lowest BCUT2D eigenvalue weighted by Gasteiger charge is -2.23. The van der Waals surface area contributed by atoms with Gasteiger partial charge in [-0.05, 0) is 25.5 Å². The fraction of sp³-hybridized carbons (Fsp3) is 0.412. The molecule has 25 heavy (non-hydrogen) atoms. The van der Waals surface area contributed by atoms with E-state index in [4.69, 9.17) is 0 Å². The van der Waals surface area contributed by atoms with E-state index in [1.165, 1.54) is 0 Å². The van der Waals surface area contributed by atoms with Crippen molar-refractivity contribution < 1.29 is 9.90 Å². The molecule has 1 aliphatic rings. The minimum atomic E-state index is -0.963. The molecule has 1 amide bonds. The number of amides is 1. The van der Waals surface area contributed by atoms with Crippen molar-refractivity contribution in [1.82, 2.24) is 29.4 Å². The topological polar surface area (TPSA) is 89.1 Å². The summed E-state index contributed by atoms with van der Waals surface area (Å²) in [4.78, 5) is 18.9. The standard InChI is InChI=1S/C17H20N6O2/c1-13-19-14-4-2-3-5-15(14)23(13)10-16(24)21-8-6-17(25,11-21)12-22-9-7-18-20-22/h2-5,7,9,25H,6,8,10-12H2,1H3. The van der Waals surface area contributed by atoms with Gasteiger partial charge in [-0.1, -0.05) is 17.3 Å². The van der Waals surface area contributed by atoms with Crippen molar-refractivity contribution in [2.75, 3.05) is 13.1 Å². The molecule has 1 saturated heterocycles. The van der Waals surface area contributed by atoms with E-state index >= 15 is 0 Å². The summed E-state index contributed by atoms with van der Waals surface area (Å²) in [6.45, 7) is 3.31. The van der Waals surface area contributed by atoms with E-state index in [0.717, 1.165) is 16.9 Å². The van der Waals surface area contributed by atoms with Crippen molar-refractivity contribution in [3.63, 3.8) is 0 Å². The smallest absolute Gasteiger partial charge is 0.242 e. The molecule has 1 aliphatic heterocycles. The molecule has 130 valence electrons. The largest absolute Gasteiger partial charge is 0.386 e. The second kappa shape index (κ2) is 5.96. The summed E-state index contributed by atoms with van der Waals surface area (Å²) in [5.74, 6) is 0.799. The predicted octanol–water partition coefficient (Wildman–Crippen LogP) is 0.600. The molecule has 4 rings (SSSR count). The van der Waals surface area contributed by atoms with Gasteiger partial charge in [-0.3, -0.25) is 4.79 Å². The number of nitrogens with zero attached hydrogens (tertiary/aromatic N) is 6. The summed E-state index contributed by atoms with van der Waals surface area (Å²) in [5.41, 5.74) is 0.873. The highest BCUT2D eigenvalue weighted by atomic mass is 16.3. The molecule has 0 saturated carbocycles. The van der Waals surface area contributed by atoms with E-state index in [0.29, 0.717) is 26.1 Å². The van der Waals surface area contributed by atoms with Crippen molar-refractivity contribution in [3.05, 3.63) is 42.5 Å². The van der Waals surface area contributed by atoms with Crippen LogP contribution in [0.2, 0.25) is 0 Å². The average molecular weight is 340 g/mol. The number of aryl methyl sites for hydroxylation is 1. The third-order valence-corrected chi connectivity index (χ3v) is 4.75. The molecule has 1 atom stereocenters. The van der Waals surface area contributed by atoms with Gasteiger partial charge >= 0.3 is 0 Å². The molecule has 8 heteroatoms. The van der Waals surface area contributed by atoms with Crippen molar-refractivity contribution in [1.29, 1.82) is 0 Å². The van der Waals surface area contributed by atoms with E-state index < -0.39 is 5.60 Å². The number of aliphatic hydroxyl groups is 1. The van der Waals surface area contributed by atoms with Crippen LogP contribution in [0.3, 0.4) is 0 Å². The Balaban J connectivity index is 1.47. The Bertz CT molecular complexity index is 903. The normalized spacial score (nSPS) is 20.5. The molecule has 3 heterocycles. The molecule has 0 bridgehead atoms. The number of carbonyl (C=O) groups is 1. The molecular weight excluding hydrogens is 320 g/mol. The van der Waals surface area contributed by atoms with Gasteiger partial charge < -0.3 is 14.6 Å². The lowest BCUT2D eigenvalue weighted by molar-refractivity contribution is -0.131. The van der Waals surface area contributed by atoms with Gasteiger partial charge in [0.25, 0.3) is 0 Å². The van der Waals surface area contributed by atoms with E-state index in [1.807, 2.05) is 35.8 Å². The van der Waals surface area contributed by atoms with Gasteiger partial charge in [0, 0.05) is 12.7 Å². The molecule has 1 unspecified atom stereocenters. The van der Waals surface area contributed by atoms with Crippen LogP contribution in [-0.4, -0.2) is 59.1 Å². The number of carbonyl (C=O) groups excluding carboxylic acids is 1. The van der Waals surface area contributed by atoms with Gasteiger partial charge in [-0.25, -0.2) is 9.67 Å². The minimum absolute atomic E-state index is 0.0132. The predicted molar refractivity (Wildman–Crippen MR) is 90.6 cm³/mol. The highest BCUT2D eigenvalue weighted by Crippen LogP contribution is 2.24. The zero-order chi connectivity index (χ0) is 17.4. The lowest BCUT2D eigenvalue weighted by Crippen LogP contribution is -2.40. The fourth-order valence-corrected chi connectivity index (χ4v) is 3.45. The highest BCUT2D eigenvalue weighted by molar-refractivity contribution is 5.81. The van der Waals surface area contributed by atoms with Crippen LogP contribution in [0.1, 0.15) is 12.2 Å². The van der Waals surface area contributed by atoms with E-state index in [2.05, 4.69) is 15.3 Å². The summed E-state index contributed by atoms with van der Waals surface area (Å²) >= 11 is 0. The average Bonchev–Trinajstić information content (AvgIpc) is 3.29. The number of imidazole rings is 1. The maximum Gasteiger partial charge on any atom is 0.242 e. The molecule has 2 aromatic heterocycles. The number of fused-ring (bicyclic) bond motifs is 1. The van der Waals surface area contributed by atoms with Crippen LogP contribution >= 0.6 is 0 Å². The van der Waals surface area contributed by atoms with E-state index in [1.54, 1.807) is 22.0 Å². The summed E-state index contributed by atoms with van der Waals surface area (Å²) < 4.78 is 3.52. The number of rotatable bonds is 4. The van der Waals surface area contributed by atoms with Crippen LogP contribution in [-0.2, 0) is 17.9 Å². The van der Waals surface area contributed by atoms with E-state index in [9.17, 15) is 9.90 Å². The van der Waals surface area contributed by atoms with Gasteiger partial charge in [-0.2, -0.15) is 0 Å². The molecular formula is C17H20N6O2. The number of hydrogen-bond donors (Lipinski definition) is 1. The molecule has 1 N–H and O–H groups in total. The summed E-state index contributed by atoms with van der Waals surface area (Å²) in [6.07, 6.45) is 3.82. The Labute approximate surface area is 144 Å². The number of hydrogen-bond acceptors (Lipinski definition) is 5.